The van der Waals surface area contributed by atoms with Crippen LogP contribution in [0.5, 0.6) is 0 Å². The van der Waals surface area contributed by atoms with Crippen molar-refractivity contribution in [1.82, 2.24) is 19.6 Å². The minimum atomic E-state index is -0.542. The molecule has 0 spiro atoms. The van der Waals surface area contributed by atoms with Gasteiger partial charge in [0.05, 0.1) is 12.0 Å². The van der Waals surface area contributed by atoms with E-state index in [1.807, 2.05) is 32.0 Å². The zero-order chi connectivity index (χ0) is 21.6. The van der Waals surface area contributed by atoms with Gasteiger partial charge in [0.25, 0.3) is 6.47 Å². The molecule has 3 aromatic rings. The first-order valence-corrected chi connectivity index (χ1v) is 10.2. The number of fused-ring (bicyclic) bond motifs is 2. The highest BCUT2D eigenvalue weighted by atomic mass is 16.5. The van der Waals surface area contributed by atoms with Crippen LogP contribution in [0.1, 0.15) is 25.8 Å². The van der Waals surface area contributed by atoms with E-state index in [1.54, 1.807) is 16.9 Å². The van der Waals surface area contributed by atoms with Crippen LogP contribution in [-0.4, -0.2) is 51.7 Å². The minimum Gasteiger partial charge on any atom is -0.468 e. The number of rotatable bonds is 6. The number of hydrogen-bond acceptors (Lipinski definition) is 8. The Labute approximate surface area is 178 Å². The number of ether oxygens (including phenoxy) is 1. The second-order valence-corrected chi connectivity index (χ2v) is 8.45. The number of benzene rings is 1. The standard InChI is InChI=1S/C21H23N7O3/c1-21(2)15-4-3-14(9-16(15)24-19(21)30)23-20-25-18-17(22-6-8-28(18)26-20)27-7-5-13(10-27)11-31-12-29/h3-4,6,8-9,12-13H,5,7,10-11H2,1-2H3,(H,23,26)(H,24,30). The summed E-state index contributed by atoms with van der Waals surface area (Å²) >= 11 is 0. The number of amides is 1. The number of hydrogen-bond donors (Lipinski definition) is 2. The average molecular weight is 421 g/mol. The van der Waals surface area contributed by atoms with E-state index in [1.165, 1.54) is 0 Å². The Kier molecular flexibility index (Phi) is 4.49. The van der Waals surface area contributed by atoms with Gasteiger partial charge in [-0.1, -0.05) is 6.07 Å². The van der Waals surface area contributed by atoms with Crippen LogP contribution in [0.3, 0.4) is 0 Å². The van der Waals surface area contributed by atoms with Crippen molar-refractivity contribution in [2.75, 3.05) is 35.2 Å². The van der Waals surface area contributed by atoms with Gasteiger partial charge in [0.15, 0.2) is 11.5 Å². The molecular weight excluding hydrogens is 398 g/mol. The molecule has 160 valence electrons. The molecule has 2 aliphatic heterocycles. The summed E-state index contributed by atoms with van der Waals surface area (Å²) in [4.78, 5) is 33.9. The van der Waals surface area contributed by atoms with Gasteiger partial charge in [0, 0.05) is 42.8 Å². The van der Waals surface area contributed by atoms with Crippen LogP contribution >= 0.6 is 0 Å². The van der Waals surface area contributed by atoms with Crippen LogP contribution in [-0.2, 0) is 19.7 Å². The van der Waals surface area contributed by atoms with Gasteiger partial charge >= 0.3 is 0 Å². The summed E-state index contributed by atoms with van der Waals surface area (Å²) in [6.07, 6.45) is 4.38. The van der Waals surface area contributed by atoms with Gasteiger partial charge in [-0.25, -0.2) is 9.50 Å². The van der Waals surface area contributed by atoms with Gasteiger partial charge in [-0.05, 0) is 38.0 Å². The molecule has 2 N–H and O–H groups in total. The van der Waals surface area contributed by atoms with Gasteiger partial charge in [0.1, 0.15) is 0 Å². The topological polar surface area (TPSA) is 114 Å². The molecule has 0 radical (unpaired) electrons. The van der Waals surface area contributed by atoms with Crippen molar-refractivity contribution in [2.24, 2.45) is 5.92 Å². The third-order valence-corrected chi connectivity index (χ3v) is 5.99. The van der Waals surface area contributed by atoms with Gasteiger partial charge in [-0.15, -0.1) is 5.10 Å². The summed E-state index contributed by atoms with van der Waals surface area (Å²) in [7, 11) is 0. The fourth-order valence-corrected chi connectivity index (χ4v) is 4.22. The lowest BCUT2D eigenvalue weighted by Gasteiger charge is -2.17. The fraction of sp³-hybridized carbons (Fsp3) is 0.381. The number of nitrogens with zero attached hydrogens (tertiary/aromatic N) is 5. The molecule has 0 aliphatic carbocycles. The van der Waals surface area contributed by atoms with E-state index >= 15 is 0 Å². The molecule has 1 atom stereocenters. The predicted molar refractivity (Wildman–Crippen MR) is 114 cm³/mol. The third-order valence-electron chi connectivity index (χ3n) is 5.99. The first-order valence-electron chi connectivity index (χ1n) is 10.2. The SMILES string of the molecule is CC1(C)C(=O)Nc2cc(Nc3nc4c(N5CCC(COC=O)C5)nccn4n3)ccc21. The van der Waals surface area contributed by atoms with E-state index < -0.39 is 5.41 Å². The molecule has 0 saturated carbocycles. The van der Waals surface area contributed by atoms with Crippen LogP contribution in [0.2, 0.25) is 0 Å². The lowest BCUT2D eigenvalue weighted by atomic mass is 9.86. The monoisotopic (exact) mass is 421 g/mol. The van der Waals surface area contributed by atoms with Gasteiger partial charge in [0.2, 0.25) is 11.9 Å². The summed E-state index contributed by atoms with van der Waals surface area (Å²) in [5, 5.41) is 10.7. The molecular formula is C21H23N7O3. The predicted octanol–water partition coefficient (Wildman–Crippen LogP) is 2.10. The van der Waals surface area contributed by atoms with Gasteiger partial charge in [-0.3, -0.25) is 9.59 Å². The zero-order valence-electron chi connectivity index (χ0n) is 17.3. The molecule has 2 aliphatic rings. The Morgan fingerprint density at radius 1 is 1.39 bits per heavy atom. The summed E-state index contributed by atoms with van der Waals surface area (Å²) < 4.78 is 6.61. The highest BCUT2D eigenvalue weighted by Gasteiger charge is 2.38. The van der Waals surface area contributed by atoms with Crippen molar-refractivity contribution in [1.29, 1.82) is 0 Å². The molecule has 10 nitrogen and oxygen atoms in total. The number of carbonyl (C=O) groups is 2. The second kappa shape index (κ2) is 7.22. The normalized spacial score (nSPS) is 19.4. The first kappa shape index (κ1) is 19.3. The highest BCUT2D eigenvalue weighted by molar-refractivity contribution is 6.06. The van der Waals surface area contributed by atoms with E-state index in [0.717, 1.165) is 42.3 Å². The quantitative estimate of drug-likeness (QED) is 0.582. The number of carbonyl (C=O) groups excluding carboxylic acids is 2. The molecule has 10 heteroatoms. The lowest BCUT2D eigenvalue weighted by Crippen LogP contribution is -2.26. The Morgan fingerprint density at radius 2 is 2.26 bits per heavy atom. The maximum Gasteiger partial charge on any atom is 0.293 e. The van der Waals surface area contributed by atoms with Crippen molar-refractivity contribution in [3.63, 3.8) is 0 Å². The van der Waals surface area contributed by atoms with E-state index in [2.05, 4.69) is 30.6 Å². The maximum absolute atomic E-state index is 12.2. The molecule has 1 amide bonds. The molecule has 2 aromatic heterocycles. The van der Waals surface area contributed by atoms with Gasteiger partial charge < -0.3 is 20.3 Å². The molecule has 31 heavy (non-hydrogen) atoms. The van der Waals surface area contributed by atoms with Crippen molar-refractivity contribution in [2.45, 2.75) is 25.7 Å². The molecule has 1 unspecified atom stereocenters. The number of anilines is 4. The van der Waals surface area contributed by atoms with Crippen molar-refractivity contribution in [3.05, 3.63) is 36.2 Å². The molecule has 1 aromatic carbocycles. The summed E-state index contributed by atoms with van der Waals surface area (Å²) in [5.41, 5.74) is 2.67. The van der Waals surface area contributed by atoms with Crippen LogP contribution in [0, 0.1) is 5.92 Å². The Bertz CT molecular complexity index is 1170. The molecule has 4 heterocycles. The second-order valence-electron chi connectivity index (χ2n) is 8.45. The average Bonchev–Trinajstić information content (AvgIpc) is 3.43. The smallest absolute Gasteiger partial charge is 0.293 e. The number of aromatic nitrogens is 4. The van der Waals surface area contributed by atoms with Crippen LogP contribution in [0.4, 0.5) is 23.1 Å². The third kappa shape index (κ3) is 3.33. The summed E-state index contributed by atoms with van der Waals surface area (Å²) in [5.74, 6) is 1.46. The fourth-order valence-electron chi connectivity index (χ4n) is 4.22. The Hall–Kier alpha value is -3.69. The van der Waals surface area contributed by atoms with Crippen molar-refractivity contribution < 1.29 is 14.3 Å². The van der Waals surface area contributed by atoms with Crippen LogP contribution in [0.25, 0.3) is 5.65 Å². The molecule has 1 saturated heterocycles. The van der Waals surface area contributed by atoms with Gasteiger partial charge in [-0.2, -0.15) is 4.98 Å². The number of nitrogens with one attached hydrogen (secondary N) is 2. The van der Waals surface area contributed by atoms with E-state index in [0.29, 0.717) is 24.7 Å². The first-order chi connectivity index (χ1) is 15.0. The maximum atomic E-state index is 12.2. The molecule has 0 bridgehead atoms. The van der Waals surface area contributed by atoms with Crippen LogP contribution in [0.15, 0.2) is 30.6 Å². The Morgan fingerprint density at radius 3 is 3.10 bits per heavy atom. The Balaban J connectivity index is 1.38. The van der Waals surface area contributed by atoms with E-state index in [9.17, 15) is 9.59 Å². The van der Waals surface area contributed by atoms with E-state index in [4.69, 9.17) is 4.74 Å². The van der Waals surface area contributed by atoms with E-state index in [-0.39, 0.29) is 11.8 Å². The summed E-state index contributed by atoms with van der Waals surface area (Å²) in [6, 6.07) is 5.76. The minimum absolute atomic E-state index is 0.0105. The van der Waals surface area contributed by atoms with Crippen molar-refractivity contribution in [3.8, 4) is 0 Å². The highest BCUT2D eigenvalue weighted by Crippen LogP contribution is 2.39. The van der Waals surface area contributed by atoms with Crippen molar-refractivity contribution >= 4 is 41.2 Å². The lowest BCUT2D eigenvalue weighted by molar-refractivity contribution is -0.129. The zero-order valence-corrected chi connectivity index (χ0v) is 17.3. The van der Waals surface area contributed by atoms with Crippen LogP contribution < -0.4 is 15.5 Å². The summed E-state index contributed by atoms with van der Waals surface area (Å²) in [6.45, 7) is 6.28. The largest absolute Gasteiger partial charge is 0.468 e. The molecule has 1 fully saturated rings. The molecule has 5 rings (SSSR count).